The molecule has 1 aromatic heterocycles. The number of thiophene rings is 1. The van der Waals surface area contributed by atoms with E-state index in [2.05, 4.69) is 4.72 Å². The van der Waals surface area contributed by atoms with Crippen molar-refractivity contribution in [2.24, 2.45) is 0 Å². The molecule has 0 saturated carbocycles. The third kappa shape index (κ3) is 2.88. The van der Waals surface area contributed by atoms with Gasteiger partial charge in [-0.15, -0.1) is 11.3 Å². The monoisotopic (exact) mass is 288 g/mol. The summed E-state index contributed by atoms with van der Waals surface area (Å²) in [7, 11) is -3.67. The van der Waals surface area contributed by atoms with Gasteiger partial charge in [0.05, 0.1) is 6.61 Å². The molecule has 1 atom stereocenters. The summed E-state index contributed by atoms with van der Waals surface area (Å²) in [4.78, 5) is 0.332. The number of rotatable bonds is 4. The van der Waals surface area contributed by atoms with Gasteiger partial charge in [0.25, 0.3) is 0 Å². The first-order chi connectivity index (χ1) is 8.45. The predicted octanol–water partition coefficient (Wildman–Crippen LogP) is 0.0495. The van der Waals surface area contributed by atoms with Gasteiger partial charge in [-0.25, -0.2) is 13.1 Å². The van der Waals surface area contributed by atoms with Crippen molar-refractivity contribution in [3.05, 3.63) is 17.0 Å². The lowest BCUT2D eigenvalue weighted by atomic mass is 10.1. The Kier molecular flexibility index (Phi) is 3.70. The van der Waals surface area contributed by atoms with Crippen LogP contribution in [0.4, 0.5) is 0 Å². The van der Waals surface area contributed by atoms with Crippen LogP contribution in [0, 0.1) is 11.3 Å². The molecular formula is C10H12N2O4S2. The summed E-state index contributed by atoms with van der Waals surface area (Å²) in [6, 6.07) is 4.71. The number of nitriles is 1. The number of aliphatic hydroxyl groups is 1. The number of ether oxygens (including phenoxy) is 1. The van der Waals surface area contributed by atoms with Crippen LogP contribution in [0.2, 0.25) is 0 Å². The minimum absolute atomic E-state index is 0.0709. The highest BCUT2D eigenvalue weighted by Crippen LogP contribution is 2.22. The van der Waals surface area contributed by atoms with Crippen molar-refractivity contribution in [3.8, 4) is 6.07 Å². The van der Waals surface area contributed by atoms with Crippen molar-refractivity contribution in [2.75, 3.05) is 19.8 Å². The van der Waals surface area contributed by atoms with Gasteiger partial charge in [0.2, 0.25) is 10.0 Å². The lowest BCUT2D eigenvalue weighted by Gasteiger charge is -2.20. The number of sulfonamides is 1. The third-order valence-electron chi connectivity index (χ3n) is 2.63. The topological polar surface area (TPSA) is 99.4 Å². The van der Waals surface area contributed by atoms with E-state index in [9.17, 15) is 13.5 Å². The van der Waals surface area contributed by atoms with Crippen LogP contribution < -0.4 is 4.72 Å². The lowest BCUT2D eigenvalue weighted by Crippen LogP contribution is -2.43. The van der Waals surface area contributed by atoms with E-state index >= 15 is 0 Å². The lowest BCUT2D eigenvalue weighted by molar-refractivity contribution is 0.0315. The molecule has 0 radical (unpaired) electrons. The Morgan fingerprint density at radius 1 is 1.61 bits per heavy atom. The summed E-state index contributed by atoms with van der Waals surface area (Å²) in [5.74, 6) is 0. The van der Waals surface area contributed by atoms with Crippen molar-refractivity contribution in [1.82, 2.24) is 4.72 Å². The Hall–Kier alpha value is -0.980. The molecule has 1 aliphatic rings. The zero-order chi connectivity index (χ0) is 13.2. The second-order valence-electron chi connectivity index (χ2n) is 4.08. The van der Waals surface area contributed by atoms with E-state index in [1.165, 1.54) is 12.1 Å². The van der Waals surface area contributed by atoms with E-state index in [4.69, 9.17) is 10.00 Å². The molecule has 0 amide bonds. The van der Waals surface area contributed by atoms with Gasteiger partial charge in [-0.2, -0.15) is 5.26 Å². The van der Waals surface area contributed by atoms with E-state index in [1.807, 2.05) is 6.07 Å². The van der Waals surface area contributed by atoms with Crippen molar-refractivity contribution < 1.29 is 18.3 Å². The average Bonchev–Trinajstić information content (AvgIpc) is 2.96. The number of hydrogen-bond donors (Lipinski definition) is 2. The first kappa shape index (κ1) is 13.5. The molecule has 6 nitrogen and oxygen atoms in total. The smallest absolute Gasteiger partial charge is 0.250 e. The van der Waals surface area contributed by atoms with Crippen LogP contribution in [0.5, 0.6) is 0 Å². The predicted molar refractivity (Wildman–Crippen MR) is 64.6 cm³/mol. The Labute approximate surface area is 109 Å². The van der Waals surface area contributed by atoms with E-state index in [0.717, 1.165) is 11.3 Å². The summed E-state index contributed by atoms with van der Waals surface area (Å²) in [5.41, 5.74) is -1.14. The molecule has 0 bridgehead atoms. The highest BCUT2D eigenvalue weighted by molar-refractivity contribution is 7.91. The molecule has 98 valence electrons. The number of hydrogen-bond acceptors (Lipinski definition) is 6. The standard InChI is InChI=1S/C10H12N2O4S2/c11-5-8-1-2-9(17-8)18(14,15)12-6-10(13)3-4-16-7-10/h1-2,12-13H,3-4,6-7H2. The summed E-state index contributed by atoms with van der Waals surface area (Å²) in [6.45, 7) is 0.467. The van der Waals surface area contributed by atoms with Crippen LogP contribution in [0.15, 0.2) is 16.3 Å². The van der Waals surface area contributed by atoms with Gasteiger partial charge >= 0.3 is 0 Å². The van der Waals surface area contributed by atoms with E-state index in [0.29, 0.717) is 17.9 Å². The van der Waals surface area contributed by atoms with Crippen molar-refractivity contribution in [1.29, 1.82) is 5.26 Å². The normalized spacial score (nSPS) is 24.0. The molecule has 1 saturated heterocycles. The van der Waals surface area contributed by atoms with Crippen molar-refractivity contribution in [3.63, 3.8) is 0 Å². The molecule has 18 heavy (non-hydrogen) atoms. The quantitative estimate of drug-likeness (QED) is 0.815. The van der Waals surface area contributed by atoms with Crippen molar-refractivity contribution in [2.45, 2.75) is 16.2 Å². The van der Waals surface area contributed by atoms with Gasteiger partial charge in [0.1, 0.15) is 20.8 Å². The average molecular weight is 288 g/mol. The van der Waals surface area contributed by atoms with E-state index in [1.54, 1.807) is 0 Å². The van der Waals surface area contributed by atoms with Crippen LogP contribution in [0.25, 0.3) is 0 Å². The fraction of sp³-hybridized carbons (Fsp3) is 0.500. The van der Waals surface area contributed by atoms with Gasteiger partial charge in [0.15, 0.2) is 0 Å². The Bertz CT molecular complexity index is 567. The molecule has 1 fully saturated rings. The molecule has 2 heterocycles. The second kappa shape index (κ2) is 4.95. The van der Waals surface area contributed by atoms with Gasteiger partial charge in [-0.1, -0.05) is 0 Å². The Balaban J connectivity index is 2.06. The first-order valence-corrected chi connectivity index (χ1v) is 7.55. The largest absolute Gasteiger partial charge is 0.386 e. The Morgan fingerprint density at radius 3 is 2.94 bits per heavy atom. The van der Waals surface area contributed by atoms with E-state index in [-0.39, 0.29) is 17.4 Å². The third-order valence-corrected chi connectivity index (χ3v) is 5.51. The number of nitrogens with zero attached hydrogens (tertiary/aromatic N) is 1. The fourth-order valence-corrected chi connectivity index (χ4v) is 3.83. The highest BCUT2D eigenvalue weighted by Gasteiger charge is 2.33. The molecule has 1 aliphatic heterocycles. The number of nitrogens with one attached hydrogen (secondary N) is 1. The maximum atomic E-state index is 11.9. The molecule has 8 heteroatoms. The minimum Gasteiger partial charge on any atom is -0.386 e. The molecule has 0 aromatic carbocycles. The zero-order valence-corrected chi connectivity index (χ0v) is 11.1. The van der Waals surface area contributed by atoms with Crippen LogP contribution in [-0.4, -0.2) is 38.9 Å². The van der Waals surface area contributed by atoms with Crippen LogP contribution in [-0.2, 0) is 14.8 Å². The van der Waals surface area contributed by atoms with Gasteiger partial charge < -0.3 is 9.84 Å². The summed E-state index contributed by atoms with van der Waals surface area (Å²) >= 11 is 0.897. The molecule has 2 N–H and O–H groups in total. The maximum Gasteiger partial charge on any atom is 0.250 e. The van der Waals surface area contributed by atoms with Crippen LogP contribution >= 0.6 is 11.3 Å². The van der Waals surface area contributed by atoms with Gasteiger partial charge in [-0.05, 0) is 12.1 Å². The molecular weight excluding hydrogens is 276 g/mol. The fourth-order valence-electron chi connectivity index (χ4n) is 1.56. The van der Waals surface area contributed by atoms with Gasteiger partial charge in [0, 0.05) is 19.6 Å². The first-order valence-electron chi connectivity index (χ1n) is 5.25. The summed E-state index contributed by atoms with van der Waals surface area (Å²) in [6.07, 6.45) is 0.406. The minimum atomic E-state index is -3.67. The summed E-state index contributed by atoms with van der Waals surface area (Å²) < 4.78 is 31.2. The molecule has 0 spiro atoms. The van der Waals surface area contributed by atoms with E-state index < -0.39 is 15.6 Å². The van der Waals surface area contributed by atoms with Crippen LogP contribution in [0.1, 0.15) is 11.3 Å². The zero-order valence-electron chi connectivity index (χ0n) is 9.42. The molecule has 0 aliphatic carbocycles. The second-order valence-corrected chi connectivity index (χ2v) is 7.16. The SMILES string of the molecule is N#Cc1ccc(S(=O)(=O)NCC2(O)CCOC2)s1. The molecule has 1 aromatic rings. The van der Waals surface area contributed by atoms with Gasteiger partial charge in [-0.3, -0.25) is 0 Å². The summed E-state index contributed by atoms with van der Waals surface area (Å²) in [5, 5.41) is 18.6. The van der Waals surface area contributed by atoms with Crippen molar-refractivity contribution >= 4 is 21.4 Å². The molecule has 2 rings (SSSR count). The highest BCUT2D eigenvalue weighted by atomic mass is 32.2. The maximum absolute atomic E-state index is 11.9. The van der Waals surface area contributed by atoms with Crippen LogP contribution in [0.3, 0.4) is 0 Å². The molecule has 1 unspecified atom stereocenters. The Morgan fingerprint density at radius 2 is 2.39 bits per heavy atom.